The number of carbonyl (C=O) groups excluding carboxylic acids is 1. The highest BCUT2D eigenvalue weighted by atomic mass is 16.2. The molecule has 0 radical (unpaired) electrons. The van der Waals surface area contributed by atoms with Crippen molar-refractivity contribution < 1.29 is 9.90 Å². The maximum Gasteiger partial charge on any atom is 0.321 e. The highest BCUT2D eigenvalue weighted by Crippen LogP contribution is 2.16. The first-order valence-corrected chi connectivity index (χ1v) is 5.23. The van der Waals surface area contributed by atoms with Crippen LogP contribution in [0.15, 0.2) is 18.2 Å². The summed E-state index contributed by atoms with van der Waals surface area (Å²) in [6, 6.07) is 5.38. The molecule has 2 N–H and O–H groups in total. The molecule has 1 rings (SSSR count). The molecule has 0 aliphatic heterocycles. The van der Waals surface area contributed by atoms with Crippen molar-refractivity contribution in [3.63, 3.8) is 0 Å². The molecule has 0 atom stereocenters. The zero-order valence-corrected chi connectivity index (χ0v) is 10.2. The largest absolute Gasteiger partial charge is 0.384 e. The van der Waals surface area contributed by atoms with Crippen molar-refractivity contribution in [2.24, 2.45) is 0 Å². The molecule has 0 aliphatic rings. The molecule has 0 aromatic heterocycles. The second kappa shape index (κ2) is 5.92. The summed E-state index contributed by atoms with van der Waals surface area (Å²) in [6.45, 7) is 1.74. The van der Waals surface area contributed by atoms with E-state index in [-0.39, 0.29) is 12.6 Å². The van der Waals surface area contributed by atoms with Crippen molar-refractivity contribution in [2.45, 2.75) is 6.92 Å². The summed E-state index contributed by atoms with van der Waals surface area (Å²) in [7, 11) is 3.34. The quantitative estimate of drug-likeness (QED) is 0.720. The van der Waals surface area contributed by atoms with Gasteiger partial charge in [-0.05, 0) is 24.6 Å². The third-order valence-corrected chi connectivity index (χ3v) is 2.12. The molecule has 0 spiro atoms. The van der Waals surface area contributed by atoms with Gasteiger partial charge in [0.1, 0.15) is 6.61 Å². The van der Waals surface area contributed by atoms with Gasteiger partial charge in [0.25, 0.3) is 0 Å². The van der Waals surface area contributed by atoms with E-state index in [9.17, 15) is 4.79 Å². The van der Waals surface area contributed by atoms with Gasteiger partial charge >= 0.3 is 6.03 Å². The van der Waals surface area contributed by atoms with Crippen LogP contribution in [0.4, 0.5) is 10.5 Å². The van der Waals surface area contributed by atoms with Crippen molar-refractivity contribution in [3.05, 3.63) is 29.3 Å². The molecule has 4 heteroatoms. The van der Waals surface area contributed by atoms with Crippen LogP contribution in [-0.4, -0.2) is 36.7 Å². The lowest BCUT2D eigenvalue weighted by Crippen LogP contribution is -2.27. The van der Waals surface area contributed by atoms with Crippen LogP contribution in [0.1, 0.15) is 11.1 Å². The molecule has 0 heterocycles. The van der Waals surface area contributed by atoms with Crippen molar-refractivity contribution in [1.82, 2.24) is 4.90 Å². The third-order valence-electron chi connectivity index (χ3n) is 2.12. The van der Waals surface area contributed by atoms with Crippen LogP contribution >= 0.6 is 0 Å². The Morgan fingerprint density at radius 1 is 1.47 bits per heavy atom. The van der Waals surface area contributed by atoms with Crippen molar-refractivity contribution in [1.29, 1.82) is 0 Å². The van der Waals surface area contributed by atoms with Crippen LogP contribution in [0.25, 0.3) is 0 Å². The van der Waals surface area contributed by atoms with Gasteiger partial charge in [-0.1, -0.05) is 17.9 Å². The number of carbonyl (C=O) groups is 1. The smallest absolute Gasteiger partial charge is 0.321 e. The lowest BCUT2D eigenvalue weighted by Gasteiger charge is -2.13. The van der Waals surface area contributed by atoms with Gasteiger partial charge in [0.05, 0.1) is 5.69 Å². The van der Waals surface area contributed by atoms with Gasteiger partial charge in [0, 0.05) is 19.7 Å². The van der Waals surface area contributed by atoms with Crippen molar-refractivity contribution in [2.75, 3.05) is 26.0 Å². The number of aliphatic hydroxyl groups excluding tert-OH is 1. The Morgan fingerprint density at radius 2 is 2.18 bits per heavy atom. The number of anilines is 1. The van der Waals surface area contributed by atoms with E-state index in [2.05, 4.69) is 17.2 Å². The Balaban J connectivity index is 3.03. The predicted octanol–water partition coefficient (Wildman–Crippen LogP) is 1.43. The molecule has 0 saturated heterocycles. The van der Waals surface area contributed by atoms with Crippen LogP contribution in [0, 0.1) is 18.8 Å². The number of nitrogens with zero attached hydrogens (tertiary/aromatic N) is 1. The molecule has 0 fully saturated rings. The van der Waals surface area contributed by atoms with E-state index in [1.54, 1.807) is 14.1 Å². The maximum atomic E-state index is 11.6. The predicted molar refractivity (Wildman–Crippen MR) is 67.8 cm³/mol. The zero-order chi connectivity index (χ0) is 12.8. The first kappa shape index (κ1) is 13.1. The molecule has 0 bridgehead atoms. The van der Waals surface area contributed by atoms with E-state index in [4.69, 9.17) is 5.11 Å². The fraction of sp³-hybridized carbons (Fsp3) is 0.308. The van der Waals surface area contributed by atoms with E-state index in [0.29, 0.717) is 11.3 Å². The molecule has 2 amide bonds. The normalized spacial score (nSPS) is 9.18. The van der Waals surface area contributed by atoms with Crippen LogP contribution in [0.5, 0.6) is 0 Å². The second-order valence-corrected chi connectivity index (χ2v) is 3.83. The average Bonchev–Trinajstić information content (AvgIpc) is 2.28. The number of hydrogen-bond donors (Lipinski definition) is 2. The molecule has 0 saturated carbocycles. The van der Waals surface area contributed by atoms with Gasteiger partial charge < -0.3 is 15.3 Å². The SMILES string of the molecule is Cc1ccc(C#CCO)c(NC(=O)N(C)C)c1. The highest BCUT2D eigenvalue weighted by molar-refractivity contribution is 5.90. The van der Waals surface area contributed by atoms with Crippen LogP contribution in [0.3, 0.4) is 0 Å². The standard InChI is InChI=1S/C13H16N2O2/c1-10-6-7-11(5-4-8-16)12(9-10)14-13(17)15(2)3/h6-7,9,16H,8H2,1-3H3,(H,14,17). The Hall–Kier alpha value is -1.99. The van der Waals surface area contributed by atoms with Crippen molar-refractivity contribution in [3.8, 4) is 11.8 Å². The Bertz CT molecular complexity index is 470. The molecule has 90 valence electrons. The van der Waals surface area contributed by atoms with E-state index in [1.165, 1.54) is 4.90 Å². The summed E-state index contributed by atoms with van der Waals surface area (Å²) in [6.07, 6.45) is 0. The number of benzene rings is 1. The minimum Gasteiger partial charge on any atom is -0.384 e. The number of hydrogen-bond acceptors (Lipinski definition) is 2. The summed E-state index contributed by atoms with van der Waals surface area (Å²) in [5, 5.41) is 11.4. The Morgan fingerprint density at radius 3 is 2.76 bits per heavy atom. The van der Waals surface area contributed by atoms with Crippen LogP contribution < -0.4 is 5.32 Å². The van der Waals surface area contributed by atoms with E-state index in [0.717, 1.165) is 5.56 Å². The van der Waals surface area contributed by atoms with Gasteiger partial charge in [-0.15, -0.1) is 0 Å². The van der Waals surface area contributed by atoms with Crippen LogP contribution in [-0.2, 0) is 0 Å². The molecular weight excluding hydrogens is 216 g/mol. The van der Waals surface area contributed by atoms with Crippen molar-refractivity contribution >= 4 is 11.7 Å². The zero-order valence-electron chi connectivity index (χ0n) is 10.2. The number of nitrogens with one attached hydrogen (secondary N) is 1. The fourth-order valence-electron chi connectivity index (χ4n) is 1.23. The Labute approximate surface area is 101 Å². The molecule has 1 aromatic carbocycles. The van der Waals surface area contributed by atoms with Gasteiger partial charge in [0.2, 0.25) is 0 Å². The number of urea groups is 1. The minimum atomic E-state index is -0.206. The van der Waals surface area contributed by atoms with Gasteiger partial charge in [-0.25, -0.2) is 4.79 Å². The second-order valence-electron chi connectivity index (χ2n) is 3.83. The lowest BCUT2D eigenvalue weighted by molar-refractivity contribution is 0.230. The maximum absolute atomic E-state index is 11.6. The van der Waals surface area contributed by atoms with Crippen LogP contribution in [0.2, 0.25) is 0 Å². The molecule has 1 aromatic rings. The monoisotopic (exact) mass is 232 g/mol. The highest BCUT2D eigenvalue weighted by Gasteiger charge is 2.07. The third kappa shape index (κ3) is 3.82. The number of amides is 2. The minimum absolute atomic E-state index is 0.199. The summed E-state index contributed by atoms with van der Waals surface area (Å²) in [5.74, 6) is 5.37. The number of aryl methyl sites for hydroxylation is 1. The molecule has 0 unspecified atom stereocenters. The average molecular weight is 232 g/mol. The Kier molecular flexibility index (Phi) is 4.56. The first-order chi connectivity index (χ1) is 8.04. The summed E-state index contributed by atoms with van der Waals surface area (Å²) in [5.41, 5.74) is 2.39. The first-order valence-electron chi connectivity index (χ1n) is 5.23. The molecule has 4 nitrogen and oxygen atoms in total. The topological polar surface area (TPSA) is 52.6 Å². The van der Waals surface area contributed by atoms with E-state index < -0.39 is 0 Å². The molecule has 0 aliphatic carbocycles. The van der Waals surface area contributed by atoms with Gasteiger partial charge in [-0.2, -0.15) is 0 Å². The van der Waals surface area contributed by atoms with E-state index in [1.807, 2.05) is 25.1 Å². The fourth-order valence-corrected chi connectivity index (χ4v) is 1.23. The van der Waals surface area contributed by atoms with Gasteiger partial charge in [-0.3, -0.25) is 0 Å². The number of aliphatic hydroxyl groups is 1. The molecular formula is C13H16N2O2. The number of rotatable bonds is 1. The van der Waals surface area contributed by atoms with Gasteiger partial charge in [0.15, 0.2) is 0 Å². The summed E-state index contributed by atoms with van der Waals surface area (Å²) in [4.78, 5) is 13.0. The lowest BCUT2D eigenvalue weighted by atomic mass is 10.1. The summed E-state index contributed by atoms with van der Waals surface area (Å²) < 4.78 is 0. The van der Waals surface area contributed by atoms with E-state index >= 15 is 0 Å². The molecule has 17 heavy (non-hydrogen) atoms. The summed E-state index contributed by atoms with van der Waals surface area (Å²) >= 11 is 0.